The summed E-state index contributed by atoms with van der Waals surface area (Å²) in [5.41, 5.74) is -1.63. The summed E-state index contributed by atoms with van der Waals surface area (Å²) in [6.45, 7) is -0.246. The fourth-order valence-corrected chi connectivity index (χ4v) is 4.15. The van der Waals surface area contributed by atoms with E-state index in [1.165, 1.54) is 7.11 Å². The van der Waals surface area contributed by atoms with E-state index in [9.17, 15) is 19.2 Å². The zero-order chi connectivity index (χ0) is 19.6. The largest absolute Gasteiger partial charge is 0.469 e. The standard InChI is InChI=1S/C16H22O10/c1-21-6-16-9(14(19)24-4)7(12(17)22-2)11(26-16)8(13(18)23-3)10(16)15(20)25-5/h7-11H,6H2,1-5H3/t7-,8-,9+,10+,11?,16?/m1/s1. The van der Waals surface area contributed by atoms with E-state index in [-0.39, 0.29) is 6.61 Å². The van der Waals surface area contributed by atoms with Crippen molar-refractivity contribution in [3.8, 4) is 0 Å². The van der Waals surface area contributed by atoms with E-state index in [1.807, 2.05) is 0 Å². The van der Waals surface area contributed by atoms with Crippen LogP contribution in [-0.2, 0) is 47.6 Å². The molecule has 2 aliphatic heterocycles. The second kappa shape index (κ2) is 7.58. The smallest absolute Gasteiger partial charge is 0.312 e. The number of ether oxygens (including phenoxy) is 6. The monoisotopic (exact) mass is 374 g/mol. The molecule has 2 aliphatic rings. The maximum atomic E-state index is 12.5. The second-order valence-corrected chi connectivity index (χ2v) is 6.07. The van der Waals surface area contributed by atoms with Crippen LogP contribution < -0.4 is 0 Å². The van der Waals surface area contributed by atoms with Crippen molar-refractivity contribution in [3.63, 3.8) is 0 Å². The van der Waals surface area contributed by atoms with E-state index in [0.717, 1.165) is 28.4 Å². The van der Waals surface area contributed by atoms with Gasteiger partial charge in [0.15, 0.2) is 0 Å². The fourth-order valence-electron chi connectivity index (χ4n) is 4.15. The molecule has 0 radical (unpaired) electrons. The van der Waals surface area contributed by atoms with Crippen LogP contribution in [0.4, 0.5) is 0 Å². The maximum absolute atomic E-state index is 12.5. The Morgan fingerprint density at radius 2 is 1.12 bits per heavy atom. The Kier molecular flexibility index (Phi) is 5.87. The van der Waals surface area contributed by atoms with Crippen LogP contribution in [0.2, 0.25) is 0 Å². The first-order valence-corrected chi connectivity index (χ1v) is 7.82. The number of methoxy groups -OCH3 is 5. The minimum atomic E-state index is -1.63. The summed E-state index contributed by atoms with van der Waals surface area (Å²) in [6.07, 6.45) is -1.13. The Morgan fingerprint density at radius 3 is 1.42 bits per heavy atom. The van der Waals surface area contributed by atoms with Gasteiger partial charge in [-0.05, 0) is 0 Å². The molecule has 0 aromatic carbocycles. The highest BCUT2D eigenvalue weighted by atomic mass is 16.6. The van der Waals surface area contributed by atoms with E-state index >= 15 is 0 Å². The maximum Gasteiger partial charge on any atom is 0.312 e. The predicted octanol–water partition coefficient (Wildman–Crippen LogP) is -1.06. The van der Waals surface area contributed by atoms with Crippen molar-refractivity contribution >= 4 is 23.9 Å². The number of esters is 4. The highest BCUT2D eigenvalue weighted by molar-refractivity contribution is 5.92. The summed E-state index contributed by atoms with van der Waals surface area (Å²) in [6, 6.07) is 0. The van der Waals surface area contributed by atoms with Gasteiger partial charge in [-0.3, -0.25) is 19.2 Å². The van der Waals surface area contributed by atoms with Gasteiger partial charge in [-0.15, -0.1) is 0 Å². The molecule has 10 nitrogen and oxygen atoms in total. The van der Waals surface area contributed by atoms with Crippen LogP contribution in [0.1, 0.15) is 0 Å². The van der Waals surface area contributed by atoms with Gasteiger partial charge in [0.2, 0.25) is 0 Å². The van der Waals surface area contributed by atoms with Crippen LogP contribution in [0.5, 0.6) is 0 Å². The molecule has 2 saturated heterocycles. The van der Waals surface area contributed by atoms with Crippen molar-refractivity contribution in [2.24, 2.45) is 23.7 Å². The lowest BCUT2D eigenvalue weighted by Gasteiger charge is -2.39. The van der Waals surface area contributed by atoms with Crippen molar-refractivity contribution < 1.29 is 47.6 Å². The molecule has 4 atom stereocenters. The molecule has 26 heavy (non-hydrogen) atoms. The average Bonchev–Trinajstić information content (AvgIpc) is 3.15. The Morgan fingerprint density at radius 1 is 0.731 bits per heavy atom. The lowest BCUT2D eigenvalue weighted by molar-refractivity contribution is -0.177. The third kappa shape index (κ3) is 2.73. The summed E-state index contributed by atoms with van der Waals surface area (Å²) in [4.78, 5) is 49.7. The van der Waals surface area contributed by atoms with Crippen molar-refractivity contribution in [3.05, 3.63) is 0 Å². The third-order valence-electron chi connectivity index (χ3n) is 5.06. The van der Waals surface area contributed by atoms with E-state index in [1.54, 1.807) is 0 Å². The lowest BCUT2D eigenvalue weighted by atomic mass is 9.61. The summed E-state index contributed by atoms with van der Waals surface area (Å²) >= 11 is 0. The number of hydrogen-bond acceptors (Lipinski definition) is 10. The van der Waals surface area contributed by atoms with Gasteiger partial charge < -0.3 is 28.4 Å². The highest BCUT2D eigenvalue weighted by Gasteiger charge is 2.77. The molecular weight excluding hydrogens is 352 g/mol. The molecule has 0 unspecified atom stereocenters. The summed E-state index contributed by atoms with van der Waals surface area (Å²) in [5.74, 6) is -7.83. The molecule has 0 aromatic heterocycles. The van der Waals surface area contributed by atoms with Gasteiger partial charge in [0.05, 0.1) is 41.2 Å². The van der Waals surface area contributed by atoms with E-state index in [4.69, 9.17) is 28.4 Å². The molecule has 0 spiro atoms. The van der Waals surface area contributed by atoms with Crippen molar-refractivity contribution in [2.75, 3.05) is 42.2 Å². The van der Waals surface area contributed by atoms with Gasteiger partial charge in [0.25, 0.3) is 0 Å². The summed E-state index contributed by atoms with van der Waals surface area (Å²) in [5, 5.41) is 0. The number of hydrogen-bond donors (Lipinski definition) is 0. The minimum Gasteiger partial charge on any atom is -0.469 e. The van der Waals surface area contributed by atoms with Gasteiger partial charge in [0.1, 0.15) is 29.3 Å². The number of rotatable bonds is 6. The molecule has 146 valence electrons. The van der Waals surface area contributed by atoms with Crippen LogP contribution >= 0.6 is 0 Å². The SMILES string of the molecule is COCC12OC([C@H](C(=O)OC)[C@H]1C(=O)OC)[C@H](C(=O)OC)[C@H]2C(=O)OC. The van der Waals surface area contributed by atoms with Gasteiger partial charge in [-0.2, -0.15) is 0 Å². The predicted molar refractivity (Wildman–Crippen MR) is 81.5 cm³/mol. The highest BCUT2D eigenvalue weighted by Crippen LogP contribution is 2.58. The van der Waals surface area contributed by atoms with Crippen LogP contribution in [0, 0.1) is 23.7 Å². The Bertz CT molecular complexity index is 556. The molecule has 0 amide bonds. The average molecular weight is 374 g/mol. The van der Waals surface area contributed by atoms with Crippen LogP contribution in [-0.4, -0.2) is 77.7 Å². The Balaban J connectivity index is 2.66. The van der Waals surface area contributed by atoms with Gasteiger partial charge in [-0.25, -0.2) is 0 Å². The molecule has 0 aliphatic carbocycles. The van der Waals surface area contributed by atoms with E-state index in [0.29, 0.717) is 0 Å². The molecule has 2 rings (SSSR count). The van der Waals surface area contributed by atoms with Gasteiger partial charge in [0, 0.05) is 7.11 Å². The first-order valence-electron chi connectivity index (χ1n) is 7.82. The normalized spacial score (nSPS) is 34.9. The second-order valence-electron chi connectivity index (χ2n) is 6.07. The molecule has 0 aromatic rings. The number of carbonyl (C=O) groups excluding carboxylic acids is 4. The quantitative estimate of drug-likeness (QED) is 0.420. The minimum absolute atomic E-state index is 0.246. The fraction of sp³-hybridized carbons (Fsp3) is 0.750. The molecular formula is C16H22O10. The zero-order valence-electron chi connectivity index (χ0n) is 15.2. The Hall–Kier alpha value is -2.20. The molecule has 10 heteroatoms. The van der Waals surface area contributed by atoms with E-state index in [2.05, 4.69) is 0 Å². The molecule has 2 bridgehead atoms. The van der Waals surface area contributed by atoms with Crippen molar-refractivity contribution in [1.29, 1.82) is 0 Å². The third-order valence-corrected chi connectivity index (χ3v) is 5.06. The Labute approximate surface area is 150 Å². The van der Waals surface area contributed by atoms with E-state index < -0.39 is 59.3 Å². The van der Waals surface area contributed by atoms with Crippen LogP contribution in [0.15, 0.2) is 0 Å². The summed E-state index contributed by atoms with van der Waals surface area (Å²) in [7, 11) is 5.93. The first kappa shape index (κ1) is 20.1. The van der Waals surface area contributed by atoms with Crippen molar-refractivity contribution in [2.45, 2.75) is 11.7 Å². The molecule has 0 saturated carbocycles. The van der Waals surface area contributed by atoms with Gasteiger partial charge >= 0.3 is 23.9 Å². The van der Waals surface area contributed by atoms with Crippen LogP contribution in [0.25, 0.3) is 0 Å². The topological polar surface area (TPSA) is 124 Å². The van der Waals surface area contributed by atoms with Crippen LogP contribution in [0.3, 0.4) is 0 Å². The van der Waals surface area contributed by atoms with Crippen molar-refractivity contribution in [1.82, 2.24) is 0 Å². The number of fused-ring (bicyclic) bond motifs is 2. The lowest BCUT2D eigenvalue weighted by Crippen LogP contribution is -2.59. The summed E-state index contributed by atoms with van der Waals surface area (Å²) < 4.78 is 30.3. The zero-order valence-corrected chi connectivity index (χ0v) is 15.2. The molecule has 2 fully saturated rings. The number of carbonyl (C=O) groups is 4. The van der Waals surface area contributed by atoms with Gasteiger partial charge in [-0.1, -0.05) is 0 Å². The molecule has 0 N–H and O–H groups in total. The first-order chi connectivity index (χ1) is 12.3. The molecule has 2 heterocycles.